The summed E-state index contributed by atoms with van der Waals surface area (Å²) in [5.74, 6) is -0.992. The Bertz CT molecular complexity index is 1270. The Hall–Kier alpha value is -3.22. The van der Waals surface area contributed by atoms with Crippen LogP contribution in [0, 0.1) is 11.3 Å². The molecule has 0 radical (unpaired) electrons. The molecule has 248 valence electrons. The van der Waals surface area contributed by atoms with Crippen LogP contribution in [0.15, 0.2) is 36.7 Å². The zero-order valence-electron chi connectivity index (χ0n) is 28.1. The lowest BCUT2D eigenvalue weighted by atomic mass is 10.0. The predicted octanol–water partition coefficient (Wildman–Crippen LogP) is 7.20. The second-order valence-corrected chi connectivity index (χ2v) is 11.3. The van der Waals surface area contributed by atoms with Crippen molar-refractivity contribution in [2.75, 3.05) is 44.7 Å². The summed E-state index contributed by atoms with van der Waals surface area (Å²) in [6.07, 6.45) is 6.42. The molecule has 2 saturated heterocycles. The second-order valence-electron chi connectivity index (χ2n) is 10.9. The van der Waals surface area contributed by atoms with Crippen molar-refractivity contribution in [2.24, 2.45) is 0 Å². The number of amides is 1. The van der Waals surface area contributed by atoms with Gasteiger partial charge in [-0.2, -0.15) is 15.2 Å². The van der Waals surface area contributed by atoms with Crippen LogP contribution in [0.3, 0.4) is 0 Å². The van der Waals surface area contributed by atoms with Gasteiger partial charge in [0.25, 0.3) is 5.91 Å². The molecule has 1 aromatic carbocycles. The number of piperazine rings is 1. The first-order chi connectivity index (χ1) is 21.8. The molecular formula is C35H52ClFN6O2. The molecule has 2 fully saturated rings. The topological polar surface area (TPSA) is 85.6 Å². The lowest BCUT2D eigenvalue weighted by Crippen LogP contribution is -2.55. The molecule has 0 saturated carbocycles. The van der Waals surface area contributed by atoms with Gasteiger partial charge in [-0.05, 0) is 63.7 Å². The Labute approximate surface area is 275 Å². The van der Waals surface area contributed by atoms with E-state index < -0.39 is 17.8 Å². The number of benzene rings is 1. The number of rotatable bonds is 12. The van der Waals surface area contributed by atoms with Crippen molar-refractivity contribution in [3.05, 3.63) is 58.5 Å². The highest BCUT2D eigenvalue weighted by atomic mass is 35.5. The summed E-state index contributed by atoms with van der Waals surface area (Å²) in [6.45, 7) is 16.0. The fraction of sp³-hybridized carbons (Fsp3) is 0.600. The third-order valence-corrected chi connectivity index (χ3v) is 8.42. The van der Waals surface area contributed by atoms with Crippen molar-refractivity contribution in [1.29, 1.82) is 5.26 Å². The molecule has 2 aliphatic heterocycles. The first kappa shape index (κ1) is 38.0. The summed E-state index contributed by atoms with van der Waals surface area (Å²) in [6, 6.07) is 10.2. The standard InChI is InChI=1S/C31H40ClFN6O2.2C2H6/c1-4-9-26-28(14-7-11-23-10-5-6-13-27(23)32)35-31(41-21-25-12-8-17-37(25)3)36-29(26)38-18-19-39(30(40)22(2)33)24(20-38)15-16-34;2*1-2/h5-6,10,13,24-25H,2,4,7-9,11-12,14-15,17-21H2,1,3H3;2*1-2H3. The van der Waals surface area contributed by atoms with E-state index in [1.165, 1.54) is 4.90 Å². The van der Waals surface area contributed by atoms with Crippen LogP contribution < -0.4 is 9.64 Å². The first-order valence-electron chi connectivity index (χ1n) is 16.6. The summed E-state index contributed by atoms with van der Waals surface area (Å²) < 4.78 is 20.0. The van der Waals surface area contributed by atoms with E-state index in [1.54, 1.807) is 0 Å². The number of ether oxygens (including phenoxy) is 1. The van der Waals surface area contributed by atoms with Crippen LogP contribution in [0.5, 0.6) is 6.01 Å². The van der Waals surface area contributed by atoms with Crippen LogP contribution >= 0.6 is 11.6 Å². The summed E-state index contributed by atoms with van der Waals surface area (Å²) in [5, 5.41) is 10.2. The van der Waals surface area contributed by atoms with Crippen molar-refractivity contribution in [1.82, 2.24) is 19.8 Å². The summed E-state index contributed by atoms with van der Waals surface area (Å²) >= 11 is 6.41. The van der Waals surface area contributed by atoms with E-state index >= 15 is 0 Å². The van der Waals surface area contributed by atoms with E-state index in [-0.39, 0.29) is 13.0 Å². The first-order valence-corrected chi connectivity index (χ1v) is 16.9. The Morgan fingerprint density at radius 1 is 1.11 bits per heavy atom. The Balaban J connectivity index is 0.00000169. The highest BCUT2D eigenvalue weighted by Gasteiger charge is 2.34. The number of aryl methyl sites for hydroxylation is 2. The second kappa shape index (κ2) is 20.0. The molecular weight excluding hydrogens is 591 g/mol. The van der Waals surface area contributed by atoms with Crippen LogP contribution in [0.2, 0.25) is 5.02 Å². The molecule has 0 bridgehead atoms. The molecule has 3 heterocycles. The molecule has 45 heavy (non-hydrogen) atoms. The molecule has 1 amide bonds. The Morgan fingerprint density at radius 2 is 1.84 bits per heavy atom. The molecule has 2 aliphatic rings. The molecule has 0 spiro atoms. The van der Waals surface area contributed by atoms with Gasteiger partial charge in [-0.3, -0.25) is 4.79 Å². The SMILES string of the molecule is C=C(F)C(=O)N1CCN(c2nc(OCC3CCCN3C)nc(CCCc3ccccc3Cl)c2CCC)CC1CC#N.CC.CC. The highest BCUT2D eigenvalue weighted by Crippen LogP contribution is 2.30. The summed E-state index contributed by atoms with van der Waals surface area (Å²) in [4.78, 5) is 28.1. The minimum Gasteiger partial charge on any atom is -0.462 e. The van der Waals surface area contributed by atoms with Crippen molar-refractivity contribution >= 4 is 23.3 Å². The van der Waals surface area contributed by atoms with E-state index in [9.17, 15) is 14.4 Å². The number of anilines is 1. The fourth-order valence-corrected chi connectivity index (χ4v) is 6.02. The van der Waals surface area contributed by atoms with Crippen LogP contribution in [-0.4, -0.2) is 77.6 Å². The van der Waals surface area contributed by atoms with Crippen molar-refractivity contribution in [3.8, 4) is 12.1 Å². The van der Waals surface area contributed by atoms with E-state index in [1.807, 2.05) is 45.9 Å². The van der Waals surface area contributed by atoms with E-state index in [0.29, 0.717) is 31.7 Å². The van der Waals surface area contributed by atoms with Crippen molar-refractivity contribution in [3.63, 3.8) is 0 Å². The zero-order valence-corrected chi connectivity index (χ0v) is 28.9. The quantitative estimate of drug-likeness (QED) is 0.226. The van der Waals surface area contributed by atoms with Crippen molar-refractivity contribution < 1.29 is 13.9 Å². The minimum atomic E-state index is -1.01. The number of carbonyl (C=O) groups excluding carboxylic acids is 1. The zero-order chi connectivity index (χ0) is 33.4. The monoisotopic (exact) mass is 642 g/mol. The summed E-state index contributed by atoms with van der Waals surface area (Å²) in [5.41, 5.74) is 3.12. The lowest BCUT2D eigenvalue weighted by Gasteiger charge is -2.41. The normalized spacial score (nSPS) is 17.8. The van der Waals surface area contributed by atoms with Gasteiger partial charge in [0.05, 0.1) is 24.2 Å². The molecule has 2 atom stereocenters. The molecule has 2 unspecified atom stereocenters. The third kappa shape index (κ3) is 10.7. The molecule has 10 heteroatoms. The van der Waals surface area contributed by atoms with Crippen LogP contribution in [0.4, 0.5) is 10.2 Å². The van der Waals surface area contributed by atoms with Gasteiger partial charge >= 0.3 is 6.01 Å². The number of carbonyl (C=O) groups is 1. The maximum atomic E-state index is 13.8. The molecule has 0 aliphatic carbocycles. The number of aromatic nitrogens is 2. The smallest absolute Gasteiger partial charge is 0.318 e. The number of nitriles is 1. The van der Waals surface area contributed by atoms with Crippen LogP contribution in [0.1, 0.15) is 83.5 Å². The van der Waals surface area contributed by atoms with Crippen LogP contribution in [0.25, 0.3) is 0 Å². The van der Waals surface area contributed by atoms with Gasteiger partial charge in [-0.25, -0.2) is 4.39 Å². The van der Waals surface area contributed by atoms with E-state index in [4.69, 9.17) is 26.3 Å². The average molecular weight is 643 g/mol. The van der Waals surface area contributed by atoms with Gasteiger partial charge in [0.1, 0.15) is 12.4 Å². The molecule has 8 nitrogen and oxygen atoms in total. The fourth-order valence-electron chi connectivity index (χ4n) is 5.79. The highest BCUT2D eigenvalue weighted by molar-refractivity contribution is 6.31. The van der Waals surface area contributed by atoms with Crippen molar-refractivity contribution in [2.45, 2.75) is 98.1 Å². The molecule has 1 aromatic heterocycles. The number of hydrogen-bond donors (Lipinski definition) is 0. The maximum Gasteiger partial charge on any atom is 0.318 e. The minimum absolute atomic E-state index is 0.0891. The summed E-state index contributed by atoms with van der Waals surface area (Å²) in [7, 11) is 2.11. The van der Waals surface area contributed by atoms with Gasteiger partial charge in [-0.1, -0.05) is 77.4 Å². The Kier molecular flexibility index (Phi) is 16.9. The van der Waals surface area contributed by atoms with E-state index in [0.717, 1.165) is 79.2 Å². The number of halogens is 2. The van der Waals surface area contributed by atoms with Gasteiger partial charge in [0, 0.05) is 36.3 Å². The Morgan fingerprint density at radius 3 is 2.47 bits per heavy atom. The number of hydrogen-bond acceptors (Lipinski definition) is 7. The average Bonchev–Trinajstić information content (AvgIpc) is 3.47. The number of nitrogens with zero attached hydrogens (tertiary/aromatic N) is 6. The maximum absolute atomic E-state index is 13.8. The van der Waals surface area contributed by atoms with Gasteiger partial charge in [0.2, 0.25) is 0 Å². The van der Waals surface area contributed by atoms with Gasteiger partial charge in [-0.15, -0.1) is 0 Å². The predicted molar refractivity (Wildman–Crippen MR) is 182 cm³/mol. The van der Waals surface area contributed by atoms with Gasteiger partial charge in [0.15, 0.2) is 5.83 Å². The van der Waals surface area contributed by atoms with Gasteiger partial charge < -0.3 is 19.4 Å². The number of likely N-dealkylation sites (N-methyl/N-ethyl adjacent to an activating group) is 1. The van der Waals surface area contributed by atoms with E-state index in [2.05, 4.69) is 42.5 Å². The molecule has 4 rings (SSSR count). The molecule has 0 N–H and O–H groups in total. The van der Waals surface area contributed by atoms with Crippen LogP contribution in [-0.2, 0) is 24.1 Å². The molecule has 2 aromatic rings. The third-order valence-electron chi connectivity index (χ3n) is 8.05. The number of likely N-dealkylation sites (tertiary alicyclic amines) is 1. The lowest BCUT2D eigenvalue weighted by molar-refractivity contribution is -0.131. The largest absolute Gasteiger partial charge is 0.462 e.